The minimum atomic E-state index is -0.505. The van der Waals surface area contributed by atoms with E-state index in [4.69, 9.17) is 0 Å². The number of rotatable bonds is 3. The highest BCUT2D eigenvalue weighted by Crippen LogP contribution is 2.40. The predicted octanol–water partition coefficient (Wildman–Crippen LogP) is 1.78. The first-order valence-corrected chi connectivity index (χ1v) is 4.93. The fourth-order valence-corrected chi connectivity index (χ4v) is 1.78. The van der Waals surface area contributed by atoms with Gasteiger partial charge in [-0.3, -0.25) is 4.79 Å². The summed E-state index contributed by atoms with van der Waals surface area (Å²) >= 11 is 3.36. The molecule has 1 saturated carbocycles. The fraction of sp³-hybridized carbons (Fsp3) is 0.875. The van der Waals surface area contributed by atoms with Crippen molar-refractivity contribution in [2.24, 2.45) is 0 Å². The zero-order valence-corrected chi connectivity index (χ0v) is 8.66. The van der Waals surface area contributed by atoms with Crippen LogP contribution in [0.3, 0.4) is 0 Å². The maximum absolute atomic E-state index is 12.0. The molecule has 12 heavy (non-hydrogen) atoms. The molecule has 4 heteroatoms. The number of carbonyl (C=O) groups excluding carboxylic acids is 1. The first-order chi connectivity index (χ1) is 5.58. The summed E-state index contributed by atoms with van der Waals surface area (Å²) in [5.41, 5.74) is 0. The molecule has 2 nitrogen and oxygen atoms in total. The van der Waals surface area contributed by atoms with Crippen molar-refractivity contribution in [3.63, 3.8) is 0 Å². The largest absolute Gasteiger partial charge is 0.350 e. The Morgan fingerprint density at radius 1 is 1.75 bits per heavy atom. The highest BCUT2D eigenvalue weighted by molar-refractivity contribution is 9.10. The van der Waals surface area contributed by atoms with Crippen molar-refractivity contribution in [1.29, 1.82) is 0 Å². The summed E-state index contributed by atoms with van der Waals surface area (Å²) in [6, 6.07) is -0.368. The molecule has 0 aliphatic heterocycles. The van der Waals surface area contributed by atoms with E-state index in [1.165, 1.54) is 0 Å². The Bertz CT molecular complexity index is 182. The number of alkyl halides is 2. The van der Waals surface area contributed by atoms with Crippen molar-refractivity contribution >= 4 is 21.8 Å². The molecule has 1 fully saturated rings. The van der Waals surface area contributed by atoms with Gasteiger partial charge in [-0.05, 0) is 26.2 Å². The molecule has 1 amide bonds. The van der Waals surface area contributed by atoms with Crippen LogP contribution >= 0.6 is 15.9 Å². The summed E-state index contributed by atoms with van der Waals surface area (Å²) in [5, 5.41) is 2.61. The molecule has 1 atom stereocenters. The van der Waals surface area contributed by atoms with E-state index in [9.17, 15) is 9.18 Å². The summed E-state index contributed by atoms with van der Waals surface area (Å²) in [7, 11) is 0. The van der Waals surface area contributed by atoms with Gasteiger partial charge in [-0.1, -0.05) is 15.9 Å². The molecule has 0 bridgehead atoms. The second kappa shape index (κ2) is 3.73. The summed E-state index contributed by atoms with van der Waals surface area (Å²) in [5.74, 6) is -0.0705. The Hall–Kier alpha value is -0.120. The number of hydrogen-bond donors (Lipinski definition) is 1. The highest BCUT2D eigenvalue weighted by Gasteiger charge is 2.41. The number of hydrogen-bond acceptors (Lipinski definition) is 1. The van der Waals surface area contributed by atoms with Crippen molar-refractivity contribution in [2.75, 3.05) is 6.67 Å². The van der Waals surface area contributed by atoms with Gasteiger partial charge in [-0.15, -0.1) is 0 Å². The smallest absolute Gasteiger partial charge is 0.237 e. The van der Waals surface area contributed by atoms with Crippen LogP contribution in [0.5, 0.6) is 0 Å². The number of halogens is 2. The molecule has 1 aliphatic carbocycles. The minimum absolute atomic E-state index is 0.0705. The van der Waals surface area contributed by atoms with E-state index in [-0.39, 0.29) is 11.9 Å². The van der Waals surface area contributed by atoms with Gasteiger partial charge in [0.15, 0.2) is 0 Å². The maximum atomic E-state index is 12.0. The van der Waals surface area contributed by atoms with Gasteiger partial charge in [0.1, 0.15) is 11.0 Å². The van der Waals surface area contributed by atoms with Crippen molar-refractivity contribution in [3.05, 3.63) is 0 Å². The first-order valence-electron chi connectivity index (χ1n) is 4.14. The summed E-state index contributed by atoms with van der Waals surface area (Å²) in [6.07, 6.45) is 2.79. The van der Waals surface area contributed by atoms with Crippen molar-refractivity contribution in [1.82, 2.24) is 5.32 Å². The van der Waals surface area contributed by atoms with Crippen LogP contribution in [0.2, 0.25) is 0 Å². The van der Waals surface area contributed by atoms with Crippen LogP contribution in [0.4, 0.5) is 4.39 Å². The molecule has 70 valence electrons. The molecule has 1 rings (SSSR count). The lowest BCUT2D eigenvalue weighted by Gasteiger charge is -2.35. The third-order valence-corrected chi connectivity index (χ3v) is 3.32. The molecule has 0 spiro atoms. The minimum Gasteiger partial charge on any atom is -0.350 e. The fourth-order valence-electron chi connectivity index (χ4n) is 1.11. The van der Waals surface area contributed by atoms with Crippen molar-refractivity contribution < 1.29 is 9.18 Å². The zero-order chi connectivity index (χ0) is 9.19. The quantitative estimate of drug-likeness (QED) is 0.746. The SMILES string of the molecule is CC(CF)NC(=O)C1(Br)CCC1. The lowest BCUT2D eigenvalue weighted by Crippen LogP contribution is -2.50. The Morgan fingerprint density at radius 2 is 2.33 bits per heavy atom. The van der Waals surface area contributed by atoms with Gasteiger partial charge in [0.2, 0.25) is 5.91 Å². The first kappa shape index (κ1) is 9.96. The van der Waals surface area contributed by atoms with E-state index in [1.54, 1.807) is 6.92 Å². The van der Waals surface area contributed by atoms with E-state index in [1.807, 2.05) is 0 Å². The van der Waals surface area contributed by atoms with Crippen LogP contribution in [0, 0.1) is 0 Å². The Labute approximate surface area is 80.0 Å². The molecule has 0 aromatic rings. The van der Waals surface area contributed by atoms with Gasteiger partial charge < -0.3 is 5.32 Å². The van der Waals surface area contributed by atoms with E-state index in [0.717, 1.165) is 19.3 Å². The van der Waals surface area contributed by atoms with Gasteiger partial charge in [-0.25, -0.2) is 4.39 Å². The molecule has 0 aromatic heterocycles. The predicted molar refractivity (Wildman–Crippen MR) is 49.1 cm³/mol. The van der Waals surface area contributed by atoms with E-state index in [2.05, 4.69) is 21.2 Å². The summed E-state index contributed by atoms with van der Waals surface area (Å²) in [6.45, 7) is 1.15. The number of carbonyl (C=O) groups is 1. The third-order valence-electron chi connectivity index (χ3n) is 2.16. The average molecular weight is 238 g/mol. The van der Waals surface area contributed by atoms with Crippen LogP contribution in [0.25, 0.3) is 0 Å². The van der Waals surface area contributed by atoms with Crippen molar-refractivity contribution in [3.8, 4) is 0 Å². The van der Waals surface area contributed by atoms with Crippen LogP contribution in [-0.4, -0.2) is 22.9 Å². The second-order valence-corrected chi connectivity index (χ2v) is 4.87. The summed E-state index contributed by atoms with van der Waals surface area (Å²) < 4.78 is 11.6. The normalized spacial score (nSPS) is 22.6. The molecule has 0 heterocycles. The number of amides is 1. The standard InChI is InChI=1S/C8H13BrFNO/c1-6(5-10)11-7(12)8(9)3-2-4-8/h6H,2-5H2,1H3,(H,11,12). The lowest BCUT2D eigenvalue weighted by molar-refractivity contribution is -0.125. The van der Waals surface area contributed by atoms with Crippen LogP contribution in [0.15, 0.2) is 0 Å². The molecule has 0 saturated heterocycles. The third kappa shape index (κ3) is 1.97. The van der Waals surface area contributed by atoms with Crippen molar-refractivity contribution in [2.45, 2.75) is 36.6 Å². The Balaban J connectivity index is 2.37. The lowest BCUT2D eigenvalue weighted by atomic mass is 9.84. The van der Waals surface area contributed by atoms with E-state index in [0.29, 0.717) is 0 Å². The molecule has 0 aromatic carbocycles. The van der Waals surface area contributed by atoms with Gasteiger partial charge >= 0.3 is 0 Å². The van der Waals surface area contributed by atoms with E-state index >= 15 is 0 Å². The zero-order valence-electron chi connectivity index (χ0n) is 7.07. The highest BCUT2D eigenvalue weighted by atomic mass is 79.9. The molecular weight excluding hydrogens is 225 g/mol. The summed E-state index contributed by atoms with van der Waals surface area (Å²) in [4.78, 5) is 11.4. The topological polar surface area (TPSA) is 29.1 Å². The van der Waals surface area contributed by atoms with Crippen LogP contribution in [0.1, 0.15) is 26.2 Å². The van der Waals surface area contributed by atoms with E-state index < -0.39 is 11.0 Å². The average Bonchev–Trinajstić information content (AvgIpc) is 1.99. The molecule has 0 radical (unpaired) electrons. The van der Waals surface area contributed by atoms with Crippen LogP contribution in [-0.2, 0) is 4.79 Å². The number of nitrogens with one attached hydrogen (secondary N) is 1. The van der Waals surface area contributed by atoms with Gasteiger partial charge in [0, 0.05) is 0 Å². The Kier molecular flexibility index (Phi) is 3.09. The van der Waals surface area contributed by atoms with Crippen LogP contribution < -0.4 is 5.32 Å². The molecule has 1 aliphatic rings. The monoisotopic (exact) mass is 237 g/mol. The molecule has 1 N–H and O–H groups in total. The molecular formula is C8H13BrFNO. The molecule has 1 unspecified atom stereocenters. The van der Waals surface area contributed by atoms with Gasteiger partial charge in [-0.2, -0.15) is 0 Å². The maximum Gasteiger partial charge on any atom is 0.237 e. The van der Waals surface area contributed by atoms with Gasteiger partial charge in [0.25, 0.3) is 0 Å². The second-order valence-electron chi connectivity index (χ2n) is 3.35. The van der Waals surface area contributed by atoms with Gasteiger partial charge in [0.05, 0.1) is 6.04 Å². The Morgan fingerprint density at radius 3 is 2.67 bits per heavy atom.